The van der Waals surface area contributed by atoms with E-state index in [9.17, 15) is 0 Å². The number of hydrogen-bond acceptors (Lipinski definition) is 1. The third-order valence-corrected chi connectivity index (χ3v) is 2.28. The molecule has 0 spiro atoms. The van der Waals surface area contributed by atoms with Crippen LogP contribution in [0.3, 0.4) is 0 Å². The number of nitrogens with two attached hydrogens (primary N) is 1. The third kappa shape index (κ3) is 2.94. The predicted molar refractivity (Wildman–Crippen MR) is 58.6 cm³/mol. The Morgan fingerprint density at radius 2 is 2.08 bits per heavy atom. The van der Waals surface area contributed by atoms with Gasteiger partial charge in [0.15, 0.2) is 0 Å². The van der Waals surface area contributed by atoms with Crippen LogP contribution in [0.25, 0.3) is 0 Å². The van der Waals surface area contributed by atoms with Gasteiger partial charge in [-0.2, -0.15) is 0 Å². The summed E-state index contributed by atoms with van der Waals surface area (Å²) in [6.07, 6.45) is 4.31. The Hall–Kier alpha value is -1.24. The standard InChI is InChI=1S/C12H17N/c1-3-10(2)8-9-11-6-4-5-7-12(11)13/h4-8H,3,9,13H2,1-2H3/b10-8+. The highest BCUT2D eigenvalue weighted by Crippen LogP contribution is 2.12. The van der Waals surface area contributed by atoms with Crippen molar-refractivity contribution in [2.45, 2.75) is 26.7 Å². The highest BCUT2D eigenvalue weighted by molar-refractivity contribution is 5.47. The molecule has 0 heterocycles. The van der Waals surface area contributed by atoms with E-state index in [-0.39, 0.29) is 0 Å². The number of allylic oxidation sites excluding steroid dienone is 2. The Morgan fingerprint density at radius 3 is 2.69 bits per heavy atom. The van der Waals surface area contributed by atoms with Crippen LogP contribution < -0.4 is 5.73 Å². The SMILES string of the molecule is CC/C(C)=C/Cc1ccccc1N. The Balaban J connectivity index is 2.70. The predicted octanol–water partition coefficient (Wildman–Crippen LogP) is 3.17. The maximum absolute atomic E-state index is 5.82. The molecule has 1 nitrogen and oxygen atoms in total. The van der Waals surface area contributed by atoms with Crippen LogP contribution in [-0.2, 0) is 6.42 Å². The first kappa shape index (κ1) is 9.85. The van der Waals surface area contributed by atoms with Crippen LogP contribution in [0.15, 0.2) is 35.9 Å². The molecule has 0 atom stereocenters. The summed E-state index contributed by atoms with van der Waals surface area (Å²) in [5.41, 5.74) is 9.35. The van der Waals surface area contributed by atoms with Crippen molar-refractivity contribution >= 4 is 5.69 Å². The molecule has 13 heavy (non-hydrogen) atoms. The Kier molecular flexibility index (Phi) is 3.56. The molecule has 0 saturated heterocycles. The summed E-state index contributed by atoms with van der Waals surface area (Å²) in [5, 5.41) is 0. The second-order valence-corrected chi connectivity index (χ2v) is 3.31. The number of benzene rings is 1. The summed E-state index contributed by atoms with van der Waals surface area (Å²) in [5.74, 6) is 0. The fraction of sp³-hybridized carbons (Fsp3) is 0.333. The fourth-order valence-corrected chi connectivity index (χ4v) is 1.15. The number of hydrogen-bond donors (Lipinski definition) is 1. The van der Waals surface area contributed by atoms with Gasteiger partial charge in [0.1, 0.15) is 0 Å². The maximum atomic E-state index is 5.82. The van der Waals surface area contributed by atoms with Crippen LogP contribution in [0.2, 0.25) is 0 Å². The molecule has 1 heteroatoms. The molecule has 0 fully saturated rings. The first-order valence-corrected chi connectivity index (χ1v) is 4.73. The summed E-state index contributed by atoms with van der Waals surface area (Å²) < 4.78 is 0. The van der Waals surface area contributed by atoms with Crippen molar-refractivity contribution in [3.05, 3.63) is 41.5 Å². The minimum atomic E-state index is 0.891. The van der Waals surface area contributed by atoms with Crippen molar-refractivity contribution in [1.29, 1.82) is 0 Å². The lowest BCUT2D eigenvalue weighted by Crippen LogP contribution is -1.92. The molecule has 0 saturated carbocycles. The largest absolute Gasteiger partial charge is 0.398 e. The summed E-state index contributed by atoms with van der Waals surface area (Å²) >= 11 is 0. The van der Waals surface area contributed by atoms with Gasteiger partial charge in [-0.25, -0.2) is 0 Å². The van der Waals surface area contributed by atoms with Crippen LogP contribution in [0.4, 0.5) is 5.69 Å². The van der Waals surface area contributed by atoms with Crippen molar-refractivity contribution in [3.63, 3.8) is 0 Å². The second kappa shape index (κ2) is 4.70. The van der Waals surface area contributed by atoms with Crippen LogP contribution in [0.5, 0.6) is 0 Å². The summed E-state index contributed by atoms with van der Waals surface area (Å²) in [6, 6.07) is 8.02. The lowest BCUT2D eigenvalue weighted by Gasteiger charge is -2.02. The molecule has 0 aliphatic heterocycles. The highest BCUT2D eigenvalue weighted by Gasteiger charge is 1.94. The van der Waals surface area contributed by atoms with Gasteiger partial charge in [0, 0.05) is 5.69 Å². The van der Waals surface area contributed by atoms with Crippen LogP contribution in [0, 0.1) is 0 Å². The molecule has 1 rings (SSSR count). The maximum Gasteiger partial charge on any atom is 0.0349 e. The number of para-hydroxylation sites is 1. The van der Waals surface area contributed by atoms with Crippen molar-refractivity contribution in [3.8, 4) is 0 Å². The van der Waals surface area contributed by atoms with Gasteiger partial charge in [-0.05, 0) is 31.4 Å². The topological polar surface area (TPSA) is 26.0 Å². The Morgan fingerprint density at radius 1 is 1.38 bits per heavy atom. The summed E-state index contributed by atoms with van der Waals surface area (Å²) in [7, 11) is 0. The van der Waals surface area contributed by atoms with Crippen molar-refractivity contribution in [2.24, 2.45) is 0 Å². The van der Waals surface area contributed by atoms with Gasteiger partial charge in [0.05, 0.1) is 0 Å². The molecule has 1 aromatic rings. The molecule has 0 bridgehead atoms. The molecule has 70 valence electrons. The number of rotatable bonds is 3. The molecule has 0 aromatic heterocycles. The molecule has 0 amide bonds. The molecular weight excluding hydrogens is 158 g/mol. The zero-order valence-corrected chi connectivity index (χ0v) is 8.38. The van der Waals surface area contributed by atoms with E-state index in [0.29, 0.717) is 0 Å². The lowest BCUT2D eigenvalue weighted by molar-refractivity contribution is 1.07. The van der Waals surface area contributed by atoms with E-state index in [2.05, 4.69) is 26.0 Å². The van der Waals surface area contributed by atoms with E-state index in [1.165, 1.54) is 11.1 Å². The van der Waals surface area contributed by atoms with Crippen LogP contribution >= 0.6 is 0 Å². The zero-order chi connectivity index (χ0) is 9.68. The Bertz CT molecular complexity index is 300. The van der Waals surface area contributed by atoms with Gasteiger partial charge in [-0.1, -0.05) is 36.8 Å². The first-order chi connectivity index (χ1) is 6.24. The third-order valence-electron chi connectivity index (χ3n) is 2.28. The van der Waals surface area contributed by atoms with E-state index in [1.807, 2.05) is 18.2 Å². The lowest BCUT2D eigenvalue weighted by atomic mass is 10.1. The minimum Gasteiger partial charge on any atom is -0.398 e. The minimum absolute atomic E-state index is 0.891. The monoisotopic (exact) mass is 175 g/mol. The summed E-state index contributed by atoms with van der Waals surface area (Å²) in [6.45, 7) is 4.32. The van der Waals surface area contributed by atoms with E-state index in [0.717, 1.165) is 18.5 Å². The number of nitrogen functional groups attached to an aromatic ring is 1. The van der Waals surface area contributed by atoms with Gasteiger partial charge < -0.3 is 5.73 Å². The van der Waals surface area contributed by atoms with Gasteiger partial charge in [-0.3, -0.25) is 0 Å². The van der Waals surface area contributed by atoms with Gasteiger partial charge in [0.2, 0.25) is 0 Å². The molecule has 0 unspecified atom stereocenters. The normalized spacial score (nSPS) is 11.7. The Labute approximate surface area is 80.3 Å². The van der Waals surface area contributed by atoms with Crippen molar-refractivity contribution < 1.29 is 0 Å². The number of anilines is 1. The molecule has 2 N–H and O–H groups in total. The van der Waals surface area contributed by atoms with Gasteiger partial charge in [-0.15, -0.1) is 0 Å². The summed E-state index contributed by atoms with van der Waals surface area (Å²) in [4.78, 5) is 0. The zero-order valence-electron chi connectivity index (χ0n) is 8.38. The first-order valence-electron chi connectivity index (χ1n) is 4.73. The van der Waals surface area contributed by atoms with Crippen molar-refractivity contribution in [1.82, 2.24) is 0 Å². The van der Waals surface area contributed by atoms with Crippen LogP contribution in [0.1, 0.15) is 25.8 Å². The van der Waals surface area contributed by atoms with Gasteiger partial charge >= 0.3 is 0 Å². The molecule has 0 aliphatic rings. The van der Waals surface area contributed by atoms with E-state index in [4.69, 9.17) is 5.73 Å². The smallest absolute Gasteiger partial charge is 0.0349 e. The van der Waals surface area contributed by atoms with E-state index < -0.39 is 0 Å². The molecule has 0 aliphatic carbocycles. The molecular formula is C12H17N. The average molecular weight is 175 g/mol. The highest BCUT2D eigenvalue weighted by atomic mass is 14.5. The second-order valence-electron chi connectivity index (χ2n) is 3.31. The van der Waals surface area contributed by atoms with Crippen LogP contribution in [-0.4, -0.2) is 0 Å². The quantitative estimate of drug-likeness (QED) is 0.554. The van der Waals surface area contributed by atoms with E-state index in [1.54, 1.807) is 0 Å². The molecule has 0 radical (unpaired) electrons. The molecule has 1 aromatic carbocycles. The van der Waals surface area contributed by atoms with Crippen molar-refractivity contribution in [2.75, 3.05) is 5.73 Å². The van der Waals surface area contributed by atoms with E-state index >= 15 is 0 Å². The van der Waals surface area contributed by atoms with Gasteiger partial charge in [0.25, 0.3) is 0 Å². The average Bonchev–Trinajstić information content (AvgIpc) is 2.16. The fourth-order valence-electron chi connectivity index (χ4n) is 1.15.